The molecular formula is C16H15ClN2O3. The SMILES string of the molecule is O=C(CCl)NC(=O)Nc1ccc(OCc2ccccc2)cc1. The number of carbonyl (C=O) groups excluding carboxylic acids is 2. The van der Waals surface area contributed by atoms with E-state index >= 15 is 0 Å². The van der Waals surface area contributed by atoms with Gasteiger partial charge in [0, 0.05) is 5.69 Å². The first-order valence-electron chi connectivity index (χ1n) is 6.61. The summed E-state index contributed by atoms with van der Waals surface area (Å²) in [7, 11) is 0. The van der Waals surface area contributed by atoms with Crippen molar-refractivity contribution in [3.63, 3.8) is 0 Å². The van der Waals surface area contributed by atoms with Gasteiger partial charge in [-0.1, -0.05) is 30.3 Å². The number of benzene rings is 2. The van der Waals surface area contributed by atoms with E-state index in [1.807, 2.05) is 30.3 Å². The van der Waals surface area contributed by atoms with Crippen molar-refractivity contribution in [1.82, 2.24) is 5.32 Å². The molecule has 5 nitrogen and oxygen atoms in total. The Balaban J connectivity index is 1.85. The molecular weight excluding hydrogens is 304 g/mol. The van der Waals surface area contributed by atoms with E-state index in [1.165, 1.54) is 0 Å². The minimum absolute atomic E-state index is 0.264. The van der Waals surface area contributed by atoms with Crippen molar-refractivity contribution in [2.45, 2.75) is 6.61 Å². The first kappa shape index (κ1) is 15.9. The lowest BCUT2D eigenvalue weighted by Crippen LogP contribution is -2.35. The molecule has 0 heterocycles. The van der Waals surface area contributed by atoms with E-state index in [-0.39, 0.29) is 5.88 Å². The van der Waals surface area contributed by atoms with Gasteiger partial charge < -0.3 is 10.1 Å². The average molecular weight is 319 g/mol. The molecule has 114 valence electrons. The lowest BCUT2D eigenvalue weighted by Gasteiger charge is -2.08. The summed E-state index contributed by atoms with van der Waals surface area (Å²) in [5, 5.41) is 4.61. The Morgan fingerprint density at radius 2 is 1.68 bits per heavy atom. The van der Waals surface area contributed by atoms with Crippen LogP contribution in [0.5, 0.6) is 5.75 Å². The number of hydrogen-bond donors (Lipinski definition) is 2. The number of carbonyl (C=O) groups is 2. The Morgan fingerprint density at radius 1 is 1.00 bits per heavy atom. The summed E-state index contributed by atoms with van der Waals surface area (Å²) in [5.74, 6) is -0.131. The van der Waals surface area contributed by atoms with Crippen LogP contribution in [0.3, 0.4) is 0 Å². The van der Waals surface area contributed by atoms with E-state index in [1.54, 1.807) is 24.3 Å². The lowest BCUT2D eigenvalue weighted by molar-refractivity contribution is -0.117. The van der Waals surface area contributed by atoms with Gasteiger partial charge in [0.25, 0.3) is 0 Å². The van der Waals surface area contributed by atoms with Gasteiger partial charge in [0.1, 0.15) is 18.2 Å². The number of hydrogen-bond acceptors (Lipinski definition) is 3. The molecule has 0 aliphatic rings. The molecule has 2 aromatic carbocycles. The highest BCUT2D eigenvalue weighted by Crippen LogP contribution is 2.17. The maximum Gasteiger partial charge on any atom is 0.325 e. The van der Waals surface area contributed by atoms with Gasteiger partial charge in [-0.15, -0.1) is 11.6 Å². The quantitative estimate of drug-likeness (QED) is 0.832. The molecule has 2 rings (SSSR count). The predicted molar refractivity (Wildman–Crippen MR) is 85.1 cm³/mol. The molecule has 0 spiro atoms. The second-order valence-electron chi connectivity index (χ2n) is 4.43. The van der Waals surface area contributed by atoms with Gasteiger partial charge >= 0.3 is 6.03 Å². The van der Waals surface area contributed by atoms with E-state index in [2.05, 4.69) is 10.6 Å². The van der Waals surface area contributed by atoms with Crippen molar-refractivity contribution in [2.24, 2.45) is 0 Å². The molecule has 0 fully saturated rings. The third kappa shape index (κ3) is 5.10. The number of nitrogens with one attached hydrogen (secondary N) is 2. The molecule has 0 saturated heterocycles. The van der Waals surface area contributed by atoms with Crippen LogP contribution in [0.1, 0.15) is 5.56 Å². The van der Waals surface area contributed by atoms with Gasteiger partial charge in [-0.25, -0.2) is 4.79 Å². The molecule has 0 bridgehead atoms. The minimum atomic E-state index is -0.622. The number of anilines is 1. The van der Waals surface area contributed by atoms with Crippen LogP contribution in [-0.4, -0.2) is 17.8 Å². The summed E-state index contributed by atoms with van der Waals surface area (Å²) in [6.45, 7) is 0.471. The topological polar surface area (TPSA) is 67.4 Å². The molecule has 6 heteroatoms. The van der Waals surface area contributed by atoms with Gasteiger partial charge in [-0.2, -0.15) is 0 Å². The molecule has 0 radical (unpaired) electrons. The largest absolute Gasteiger partial charge is 0.489 e. The Bertz CT molecular complexity index is 630. The third-order valence-electron chi connectivity index (χ3n) is 2.73. The van der Waals surface area contributed by atoms with Gasteiger partial charge in [-0.05, 0) is 29.8 Å². The zero-order chi connectivity index (χ0) is 15.8. The lowest BCUT2D eigenvalue weighted by atomic mass is 10.2. The van der Waals surface area contributed by atoms with Crippen molar-refractivity contribution in [3.8, 4) is 5.75 Å². The molecule has 0 atom stereocenters. The first-order chi connectivity index (χ1) is 10.7. The predicted octanol–water partition coefficient (Wildman–Crippen LogP) is 3.15. The summed E-state index contributed by atoms with van der Waals surface area (Å²) in [5.41, 5.74) is 1.62. The summed E-state index contributed by atoms with van der Waals surface area (Å²) in [6, 6.07) is 16.0. The highest BCUT2D eigenvalue weighted by Gasteiger charge is 2.06. The molecule has 3 amide bonds. The normalized spacial score (nSPS) is 9.86. The molecule has 0 unspecified atom stereocenters. The van der Waals surface area contributed by atoms with Crippen molar-refractivity contribution >= 4 is 29.2 Å². The van der Waals surface area contributed by atoms with Crippen LogP contribution in [-0.2, 0) is 11.4 Å². The number of alkyl halides is 1. The van der Waals surface area contributed by atoms with Gasteiger partial charge in [0.15, 0.2) is 0 Å². The Hall–Kier alpha value is -2.53. The summed E-state index contributed by atoms with van der Waals surface area (Å²) in [4.78, 5) is 22.4. The van der Waals surface area contributed by atoms with Gasteiger partial charge in [0.05, 0.1) is 0 Å². The zero-order valence-electron chi connectivity index (χ0n) is 11.7. The smallest absolute Gasteiger partial charge is 0.325 e. The number of urea groups is 1. The molecule has 0 aliphatic carbocycles. The van der Waals surface area contributed by atoms with Crippen LogP contribution in [0.25, 0.3) is 0 Å². The Labute approximate surface area is 133 Å². The number of imide groups is 1. The van der Waals surface area contributed by atoms with Crippen LogP contribution in [0.15, 0.2) is 54.6 Å². The van der Waals surface area contributed by atoms with E-state index in [4.69, 9.17) is 16.3 Å². The second kappa shape index (κ2) is 8.05. The maximum atomic E-state index is 11.4. The van der Waals surface area contributed by atoms with Crippen molar-refractivity contribution in [3.05, 3.63) is 60.2 Å². The monoisotopic (exact) mass is 318 g/mol. The van der Waals surface area contributed by atoms with Crippen LogP contribution >= 0.6 is 11.6 Å². The highest BCUT2D eigenvalue weighted by molar-refractivity contribution is 6.28. The highest BCUT2D eigenvalue weighted by atomic mass is 35.5. The summed E-state index contributed by atoms with van der Waals surface area (Å²) in [6.07, 6.45) is 0. The number of halogens is 1. The standard InChI is InChI=1S/C16H15ClN2O3/c17-10-15(20)19-16(21)18-13-6-8-14(9-7-13)22-11-12-4-2-1-3-5-12/h1-9H,10-11H2,(H2,18,19,20,21). The second-order valence-corrected chi connectivity index (χ2v) is 4.70. The van der Waals surface area contributed by atoms with Crippen LogP contribution in [0.4, 0.5) is 10.5 Å². The number of ether oxygens (including phenoxy) is 1. The van der Waals surface area contributed by atoms with E-state index in [0.717, 1.165) is 5.56 Å². The van der Waals surface area contributed by atoms with Crippen molar-refractivity contribution in [1.29, 1.82) is 0 Å². The molecule has 0 aromatic heterocycles. The molecule has 2 N–H and O–H groups in total. The number of amides is 3. The van der Waals surface area contributed by atoms with Crippen LogP contribution < -0.4 is 15.4 Å². The molecule has 22 heavy (non-hydrogen) atoms. The maximum absolute atomic E-state index is 11.4. The minimum Gasteiger partial charge on any atom is -0.489 e. The summed E-state index contributed by atoms with van der Waals surface area (Å²) >= 11 is 5.30. The Kier molecular flexibility index (Phi) is 5.80. The van der Waals surface area contributed by atoms with E-state index in [9.17, 15) is 9.59 Å². The van der Waals surface area contributed by atoms with Crippen molar-refractivity contribution in [2.75, 3.05) is 11.2 Å². The van der Waals surface area contributed by atoms with Crippen molar-refractivity contribution < 1.29 is 14.3 Å². The summed E-state index contributed by atoms with van der Waals surface area (Å²) < 4.78 is 5.63. The molecule has 0 aliphatic heterocycles. The third-order valence-corrected chi connectivity index (χ3v) is 2.98. The van der Waals surface area contributed by atoms with Gasteiger partial charge in [0.2, 0.25) is 5.91 Å². The Morgan fingerprint density at radius 3 is 2.32 bits per heavy atom. The van der Waals surface area contributed by atoms with Gasteiger partial charge in [-0.3, -0.25) is 10.1 Å². The van der Waals surface area contributed by atoms with E-state index < -0.39 is 11.9 Å². The average Bonchev–Trinajstić information content (AvgIpc) is 2.55. The fourth-order valence-corrected chi connectivity index (χ4v) is 1.76. The van der Waals surface area contributed by atoms with E-state index in [0.29, 0.717) is 18.0 Å². The fraction of sp³-hybridized carbons (Fsp3) is 0.125. The molecule has 2 aromatic rings. The first-order valence-corrected chi connectivity index (χ1v) is 7.14. The fourth-order valence-electron chi connectivity index (χ4n) is 1.70. The zero-order valence-corrected chi connectivity index (χ0v) is 12.5. The molecule has 0 saturated carbocycles. The van der Waals surface area contributed by atoms with Crippen LogP contribution in [0.2, 0.25) is 0 Å². The van der Waals surface area contributed by atoms with Crippen LogP contribution in [0, 0.1) is 0 Å². The number of rotatable bonds is 5.